The van der Waals surface area contributed by atoms with Gasteiger partial charge in [0.05, 0.1) is 12.2 Å². The third-order valence-electron chi connectivity index (χ3n) is 3.75. The number of rotatable bonds is 8. The number of nitrogens with one attached hydrogen (secondary N) is 2. The Kier molecular flexibility index (Phi) is 10.7. The van der Waals surface area contributed by atoms with Crippen LogP contribution >= 0.6 is 35.7 Å². The molecule has 0 atom stereocenters. The number of aryl methyl sites for hydroxylation is 1. The molecule has 2 aromatic rings. The van der Waals surface area contributed by atoms with Gasteiger partial charge in [0.2, 0.25) is 0 Å². The Hall–Kier alpha value is -1.22. The summed E-state index contributed by atoms with van der Waals surface area (Å²) in [6.07, 6.45) is 0. The van der Waals surface area contributed by atoms with Gasteiger partial charge in [0.1, 0.15) is 0 Å². The zero-order valence-corrected chi connectivity index (χ0v) is 19.1. The first-order valence-corrected chi connectivity index (χ1v) is 9.77. The molecule has 0 aliphatic heterocycles. The van der Waals surface area contributed by atoms with Crippen LogP contribution < -0.4 is 10.6 Å². The second-order valence-electron chi connectivity index (χ2n) is 6.26. The largest absolute Gasteiger partial charge is 0.359 e. The van der Waals surface area contributed by atoms with Crippen molar-refractivity contribution in [1.29, 1.82) is 0 Å². The maximum Gasteiger partial charge on any atom is 0.191 e. The quantitative estimate of drug-likeness (QED) is 0.251. The highest BCUT2D eigenvalue weighted by molar-refractivity contribution is 14.0. The summed E-state index contributed by atoms with van der Waals surface area (Å²) in [5.74, 6) is 4.03. The maximum absolute atomic E-state index is 5.32. The molecule has 0 aliphatic rings. The van der Waals surface area contributed by atoms with Crippen molar-refractivity contribution in [2.75, 3.05) is 19.3 Å². The number of halogens is 1. The van der Waals surface area contributed by atoms with E-state index in [1.54, 1.807) is 7.05 Å². The van der Waals surface area contributed by atoms with Crippen molar-refractivity contribution < 1.29 is 4.52 Å². The number of guanidine groups is 1. The first-order valence-electron chi connectivity index (χ1n) is 8.61. The molecule has 26 heavy (non-hydrogen) atoms. The van der Waals surface area contributed by atoms with Gasteiger partial charge in [-0.1, -0.05) is 48.8 Å². The summed E-state index contributed by atoms with van der Waals surface area (Å²) in [6.45, 7) is 7.76. The Morgan fingerprint density at radius 2 is 1.96 bits per heavy atom. The van der Waals surface area contributed by atoms with Gasteiger partial charge in [-0.05, 0) is 18.4 Å². The fourth-order valence-corrected chi connectivity index (χ4v) is 3.01. The number of thioether (sulfide) groups is 1. The Morgan fingerprint density at radius 1 is 1.23 bits per heavy atom. The Balaban J connectivity index is 0.00000338. The highest BCUT2D eigenvalue weighted by Crippen LogP contribution is 2.14. The van der Waals surface area contributed by atoms with E-state index in [1.807, 2.05) is 17.8 Å². The zero-order chi connectivity index (χ0) is 18.1. The van der Waals surface area contributed by atoms with Crippen LogP contribution in [0.5, 0.6) is 0 Å². The first kappa shape index (κ1) is 22.8. The van der Waals surface area contributed by atoms with Crippen molar-refractivity contribution >= 4 is 41.7 Å². The van der Waals surface area contributed by atoms with E-state index in [1.165, 1.54) is 11.1 Å². The SMILES string of the molecule is CN=C(NCCSCc1ccc(C)cc1)NCc1cc(C(C)C)no1.I. The fourth-order valence-electron chi connectivity index (χ4n) is 2.19. The second-order valence-corrected chi connectivity index (χ2v) is 7.37. The number of nitrogens with zero attached hydrogens (tertiary/aromatic N) is 2. The molecule has 2 N–H and O–H groups in total. The van der Waals surface area contributed by atoms with E-state index in [2.05, 4.69) is 65.8 Å². The van der Waals surface area contributed by atoms with Gasteiger partial charge < -0.3 is 15.2 Å². The van der Waals surface area contributed by atoms with Crippen LogP contribution in [0.4, 0.5) is 0 Å². The molecular weight excluding hydrogens is 459 g/mol. The number of aliphatic imine (C=N–C) groups is 1. The van der Waals surface area contributed by atoms with Gasteiger partial charge in [-0.3, -0.25) is 4.99 Å². The second kappa shape index (κ2) is 12.2. The van der Waals surface area contributed by atoms with Crippen molar-refractivity contribution in [1.82, 2.24) is 15.8 Å². The van der Waals surface area contributed by atoms with Crippen molar-refractivity contribution in [3.8, 4) is 0 Å². The van der Waals surface area contributed by atoms with Gasteiger partial charge in [0, 0.05) is 31.2 Å². The summed E-state index contributed by atoms with van der Waals surface area (Å²) in [7, 11) is 1.77. The number of hydrogen-bond donors (Lipinski definition) is 2. The molecule has 0 unspecified atom stereocenters. The lowest BCUT2D eigenvalue weighted by Gasteiger charge is -2.10. The minimum absolute atomic E-state index is 0. The van der Waals surface area contributed by atoms with E-state index in [4.69, 9.17) is 4.52 Å². The molecule has 1 heterocycles. The average Bonchev–Trinajstić information content (AvgIpc) is 3.08. The van der Waals surface area contributed by atoms with Crippen LogP contribution in [0.3, 0.4) is 0 Å². The van der Waals surface area contributed by atoms with Crippen molar-refractivity contribution in [3.63, 3.8) is 0 Å². The van der Waals surface area contributed by atoms with E-state index in [0.717, 1.165) is 35.5 Å². The van der Waals surface area contributed by atoms with E-state index >= 15 is 0 Å². The Labute approximate surface area is 177 Å². The molecule has 2 rings (SSSR count). The molecule has 0 saturated carbocycles. The number of hydrogen-bond acceptors (Lipinski definition) is 4. The standard InChI is InChI=1S/C19H28N4OS.HI/c1-14(2)18-11-17(24-23-18)12-22-19(20-4)21-9-10-25-13-16-7-5-15(3)6-8-16;/h5-8,11,14H,9-10,12-13H2,1-4H3,(H2,20,21,22);1H. The molecule has 0 radical (unpaired) electrons. The number of benzene rings is 1. The topological polar surface area (TPSA) is 62.5 Å². The minimum Gasteiger partial charge on any atom is -0.359 e. The Morgan fingerprint density at radius 3 is 2.58 bits per heavy atom. The maximum atomic E-state index is 5.32. The summed E-state index contributed by atoms with van der Waals surface area (Å²) in [6, 6.07) is 10.7. The average molecular weight is 488 g/mol. The lowest BCUT2D eigenvalue weighted by atomic mass is 10.1. The van der Waals surface area contributed by atoms with E-state index < -0.39 is 0 Å². The van der Waals surface area contributed by atoms with Crippen molar-refractivity contribution in [2.24, 2.45) is 4.99 Å². The third-order valence-corrected chi connectivity index (χ3v) is 4.78. The van der Waals surface area contributed by atoms with Crippen molar-refractivity contribution in [2.45, 2.75) is 39.0 Å². The van der Waals surface area contributed by atoms with Gasteiger partial charge >= 0.3 is 0 Å². The van der Waals surface area contributed by atoms with Crippen LogP contribution in [0.15, 0.2) is 39.8 Å². The lowest BCUT2D eigenvalue weighted by molar-refractivity contribution is 0.372. The normalized spacial score (nSPS) is 11.3. The summed E-state index contributed by atoms with van der Waals surface area (Å²) in [5.41, 5.74) is 3.65. The van der Waals surface area contributed by atoms with Gasteiger partial charge in [0.15, 0.2) is 11.7 Å². The van der Waals surface area contributed by atoms with E-state index in [9.17, 15) is 0 Å². The van der Waals surface area contributed by atoms with E-state index in [0.29, 0.717) is 12.5 Å². The van der Waals surface area contributed by atoms with Crippen molar-refractivity contribution in [3.05, 3.63) is 52.9 Å². The molecular formula is C19H29IN4OS. The fraction of sp³-hybridized carbons (Fsp3) is 0.474. The van der Waals surface area contributed by atoms with Crippen LogP contribution in [0.1, 0.15) is 42.3 Å². The molecule has 1 aromatic heterocycles. The van der Waals surface area contributed by atoms with Crippen LogP contribution in [0.25, 0.3) is 0 Å². The van der Waals surface area contributed by atoms with Crippen LogP contribution in [-0.4, -0.2) is 30.5 Å². The van der Waals surface area contributed by atoms with Crippen LogP contribution in [0.2, 0.25) is 0 Å². The summed E-state index contributed by atoms with van der Waals surface area (Å²) in [4.78, 5) is 4.23. The molecule has 0 bridgehead atoms. The molecule has 5 nitrogen and oxygen atoms in total. The minimum atomic E-state index is 0. The molecule has 0 aliphatic carbocycles. The van der Waals surface area contributed by atoms with Gasteiger partial charge in [-0.15, -0.1) is 24.0 Å². The highest BCUT2D eigenvalue weighted by Gasteiger charge is 2.08. The molecule has 144 valence electrons. The smallest absolute Gasteiger partial charge is 0.191 e. The Bertz CT molecular complexity index is 670. The third kappa shape index (κ3) is 7.99. The van der Waals surface area contributed by atoms with Gasteiger partial charge in [-0.25, -0.2) is 0 Å². The molecule has 0 fully saturated rings. The monoisotopic (exact) mass is 488 g/mol. The summed E-state index contributed by atoms with van der Waals surface area (Å²) < 4.78 is 5.32. The van der Waals surface area contributed by atoms with Crippen LogP contribution in [-0.2, 0) is 12.3 Å². The molecule has 0 spiro atoms. The number of aromatic nitrogens is 1. The molecule has 1 aromatic carbocycles. The zero-order valence-electron chi connectivity index (χ0n) is 15.9. The first-order chi connectivity index (χ1) is 12.1. The highest BCUT2D eigenvalue weighted by atomic mass is 127. The summed E-state index contributed by atoms with van der Waals surface area (Å²) in [5, 5.41) is 10.6. The van der Waals surface area contributed by atoms with Crippen LogP contribution in [0, 0.1) is 6.92 Å². The molecule has 0 saturated heterocycles. The predicted molar refractivity (Wildman–Crippen MR) is 122 cm³/mol. The van der Waals surface area contributed by atoms with Gasteiger partial charge in [0.25, 0.3) is 0 Å². The van der Waals surface area contributed by atoms with Gasteiger partial charge in [-0.2, -0.15) is 11.8 Å². The lowest BCUT2D eigenvalue weighted by Crippen LogP contribution is -2.37. The van der Waals surface area contributed by atoms with E-state index in [-0.39, 0.29) is 24.0 Å². The predicted octanol–water partition coefficient (Wildman–Crippen LogP) is 4.32. The summed E-state index contributed by atoms with van der Waals surface area (Å²) >= 11 is 1.91. The molecule has 7 heteroatoms. The molecule has 0 amide bonds.